The molecule has 2 rings (SSSR count). The number of halogens is 1. The molecule has 1 aromatic carbocycles. The summed E-state index contributed by atoms with van der Waals surface area (Å²) in [6, 6.07) is 7.22. The molecule has 0 unspecified atom stereocenters. The number of unbranched alkanes of at least 4 members (excludes halogenated alkanes) is 1. The third kappa shape index (κ3) is 5.12. The van der Waals surface area contributed by atoms with Gasteiger partial charge in [0.05, 0.1) is 0 Å². The summed E-state index contributed by atoms with van der Waals surface area (Å²) in [5.41, 5.74) is 1.21. The number of piperidine rings is 1. The molecule has 0 atom stereocenters. The van der Waals surface area contributed by atoms with Crippen LogP contribution in [0.15, 0.2) is 24.3 Å². The van der Waals surface area contributed by atoms with Crippen LogP contribution in [0.3, 0.4) is 0 Å². The molecule has 0 bridgehead atoms. The second-order valence-corrected chi connectivity index (χ2v) is 5.93. The average Bonchev–Trinajstić information content (AvgIpc) is 2.53. The fraction of sp³-hybridized carbons (Fsp3) is 0.588. The molecule has 0 aromatic heterocycles. The van der Waals surface area contributed by atoms with Gasteiger partial charge in [0, 0.05) is 26.2 Å². The number of benzene rings is 1. The van der Waals surface area contributed by atoms with Crippen molar-refractivity contribution in [1.29, 1.82) is 0 Å². The second-order valence-electron chi connectivity index (χ2n) is 5.93. The third-order valence-corrected chi connectivity index (χ3v) is 4.40. The molecule has 4 heteroatoms. The molecule has 1 amide bonds. The highest BCUT2D eigenvalue weighted by Crippen LogP contribution is 2.15. The number of hydrogen-bond donors (Lipinski definition) is 0. The van der Waals surface area contributed by atoms with Crippen molar-refractivity contribution < 1.29 is 9.18 Å². The Morgan fingerprint density at radius 2 is 1.90 bits per heavy atom. The number of likely N-dealkylation sites (tertiary alicyclic amines) is 1. The molecule has 1 saturated heterocycles. The van der Waals surface area contributed by atoms with Crippen LogP contribution in [-0.2, 0) is 11.2 Å². The van der Waals surface area contributed by atoms with Gasteiger partial charge in [-0.2, -0.15) is 0 Å². The predicted octanol–water partition coefficient (Wildman–Crippen LogP) is 2.70. The number of amides is 1. The minimum Gasteiger partial charge on any atom is -0.345 e. The zero-order valence-corrected chi connectivity index (χ0v) is 12.8. The summed E-state index contributed by atoms with van der Waals surface area (Å²) < 4.78 is 12.8. The van der Waals surface area contributed by atoms with Gasteiger partial charge in [0.25, 0.3) is 0 Å². The Balaban J connectivity index is 1.60. The summed E-state index contributed by atoms with van der Waals surface area (Å²) >= 11 is 0. The molecule has 0 radical (unpaired) electrons. The lowest BCUT2D eigenvalue weighted by atomic mass is 10.0. The molecule has 3 nitrogen and oxygen atoms in total. The van der Waals surface area contributed by atoms with Gasteiger partial charge in [-0.05, 0) is 56.3 Å². The van der Waals surface area contributed by atoms with Crippen molar-refractivity contribution in [3.05, 3.63) is 35.6 Å². The van der Waals surface area contributed by atoms with Crippen molar-refractivity contribution >= 4 is 6.41 Å². The van der Waals surface area contributed by atoms with E-state index in [1.54, 1.807) is 4.90 Å². The van der Waals surface area contributed by atoms with Crippen LogP contribution < -0.4 is 0 Å². The second kappa shape index (κ2) is 8.13. The maximum absolute atomic E-state index is 12.8. The van der Waals surface area contributed by atoms with Crippen LogP contribution in [0, 0.1) is 5.82 Å². The maximum Gasteiger partial charge on any atom is 0.209 e. The Labute approximate surface area is 126 Å². The van der Waals surface area contributed by atoms with Crippen molar-refractivity contribution in [2.24, 2.45) is 0 Å². The fourth-order valence-corrected chi connectivity index (χ4v) is 2.95. The topological polar surface area (TPSA) is 23.6 Å². The SMILES string of the molecule is CN(C=O)C1CCN(CCCCc2ccc(F)cc2)CC1. The Morgan fingerprint density at radius 1 is 1.24 bits per heavy atom. The Morgan fingerprint density at radius 3 is 2.52 bits per heavy atom. The fourth-order valence-electron chi connectivity index (χ4n) is 2.95. The van der Waals surface area contributed by atoms with Crippen molar-refractivity contribution in [3.63, 3.8) is 0 Å². The van der Waals surface area contributed by atoms with E-state index in [-0.39, 0.29) is 5.82 Å². The van der Waals surface area contributed by atoms with Gasteiger partial charge in [0.15, 0.2) is 0 Å². The van der Waals surface area contributed by atoms with Crippen LogP contribution in [0.2, 0.25) is 0 Å². The molecule has 0 spiro atoms. The number of carbonyl (C=O) groups excluding carboxylic acids is 1. The molecule has 1 aromatic rings. The molecule has 0 N–H and O–H groups in total. The first-order valence-corrected chi connectivity index (χ1v) is 7.83. The normalized spacial score (nSPS) is 16.9. The van der Waals surface area contributed by atoms with Crippen LogP contribution in [0.25, 0.3) is 0 Å². The van der Waals surface area contributed by atoms with Gasteiger partial charge in [0.2, 0.25) is 6.41 Å². The molecule has 21 heavy (non-hydrogen) atoms. The van der Waals surface area contributed by atoms with Crippen LogP contribution in [0.1, 0.15) is 31.2 Å². The number of hydrogen-bond acceptors (Lipinski definition) is 2. The van der Waals surface area contributed by atoms with Crippen molar-refractivity contribution in [1.82, 2.24) is 9.80 Å². The highest BCUT2D eigenvalue weighted by molar-refractivity contribution is 5.47. The standard InChI is InChI=1S/C17H25FN2O/c1-19(14-21)17-9-12-20(13-10-17)11-3-2-4-15-5-7-16(18)8-6-15/h5-8,14,17H,2-4,9-13H2,1H3. The highest BCUT2D eigenvalue weighted by atomic mass is 19.1. The van der Waals surface area contributed by atoms with Gasteiger partial charge in [-0.3, -0.25) is 4.79 Å². The van der Waals surface area contributed by atoms with Crippen LogP contribution in [-0.4, -0.2) is 48.9 Å². The van der Waals surface area contributed by atoms with Crippen molar-refractivity contribution in [2.45, 2.75) is 38.1 Å². The Kier molecular flexibility index (Phi) is 6.18. The van der Waals surface area contributed by atoms with Gasteiger partial charge in [0.1, 0.15) is 5.82 Å². The predicted molar refractivity (Wildman–Crippen MR) is 82.6 cm³/mol. The Hall–Kier alpha value is -1.42. The van der Waals surface area contributed by atoms with E-state index < -0.39 is 0 Å². The van der Waals surface area contributed by atoms with E-state index in [9.17, 15) is 9.18 Å². The van der Waals surface area contributed by atoms with Crippen LogP contribution in [0.4, 0.5) is 4.39 Å². The van der Waals surface area contributed by atoms with Crippen molar-refractivity contribution in [2.75, 3.05) is 26.7 Å². The first-order chi connectivity index (χ1) is 10.2. The summed E-state index contributed by atoms with van der Waals surface area (Å²) in [5, 5.41) is 0. The maximum atomic E-state index is 12.8. The monoisotopic (exact) mass is 292 g/mol. The quantitative estimate of drug-likeness (QED) is 0.570. The zero-order valence-electron chi connectivity index (χ0n) is 12.8. The smallest absolute Gasteiger partial charge is 0.209 e. The summed E-state index contributed by atoms with van der Waals surface area (Å²) in [4.78, 5) is 15.0. The lowest BCUT2D eigenvalue weighted by molar-refractivity contribution is -0.119. The first-order valence-electron chi connectivity index (χ1n) is 7.83. The van der Waals surface area contributed by atoms with Gasteiger partial charge in [-0.15, -0.1) is 0 Å². The minimum absolute atomic E-state index is 0.165. The van der Waals surface area contributed by atoms with E-state index >= 15 is 0 Å². The van der Waals surface area contributed by atoms with E-state index in [0.29, 0.717) is 6.04 Å². The Bertz CT molecular complexity index is 427. The van der Waals surface area contributed by atoms with E-state index in [0.717, 1.165) is 51.7 Å². The zero-order chi connectivity index (χ0) is 15.1. The summed E-state index contributed by atoms with van der Waals surface area (Å²) in [6.45, 7) is 3.29. The molecule has 1 aliphatic rings. The molecule has 1 heterocycles. The van der Waals surface area contributed by atoms with Gasteiger partial charge < -0.3 is 9.80 Å². The molecule has 1 fully saturated rings. The van der Waals surface area contributed by atoms with Gasteiger partial charge >= 0.3 is 0 Å². The molecule has 0 saturated carbocycles. The average molecular weight is 292 g/mol. The minimum atomic E-state index is -0.165. The largest absolute Gasteiger partial charge is 0.345 e. The summed E-state index contributed by atoms with van der Waals surface area (Å²) in [6.07, 6.45) is 6.42. The van der Waals surface area contributed by atoms with Crippen molar-refractivity contribution in [3.8, 4) is 0 Å². The number of nitrogens with zero attached hydrogens (tertiary/aromatic N) is 2. The van der Waals surface area contributed by atoms with E-state index in [4.69, 9.17) is 0 Å². The molecule has 1 aliphatic heterocycles. The summed E-state index contributed by atoms with van der Waals surface area (Å²) in [7, 11) is 1.87. The van der Waals surface area contributed by atoms with Crippen LogP contribution >= 0.6 is 0 Å². The molecular formula is C17H25FN2O. The van der Waals surface area contributed by atoms with Gasteiger partial charge in [-0.25, -0.2) is 4.39 Å². The van der Waals surface area contributed by atoms with Crippen LogP contribution in [0.5, 0.6) is 0 Å². The lowest BCUT2D eigenvalue weighted by Crippen LogP contribution is -2.43. The first kappa shape index (κ1) is 16.0. The summed E-state index contributed by atoms with van der Waals surface area (Å²) in [5.74, 6) is -0.165. The molecule has 0 aliphatic carbocycles. The van der Waals surface area contributed by atoms with Gasteiger partial charge in [-0.1, -0.05) is 12.1 Å². The molecular weight excluding hydrogens is 267 g/mol. The molecule has 116 valence electrons. The lowest BCUT2D eigenvalue weighted by Gasteiger charge is -2.35. The third-order valence-electron chi connectivity index (χ3n) is 4.40. The number of aryl methyl sites for hydroxylation is 1. The van der Waals surface area contributed by atoms with E-state index in [1.807, 2.05) is 19.2 Å². The number of carbonyl (C=O) groups is 1. The highest BCUT2D eigenvalue weighted by Gasteiger charge is 2.21. The number of rotatable bonds is 7. The van der Waals surface area contributed by atoms with E-state index in [1.165, 1.54) is 24.1 Å². The van der Waals surface area contributed by atoms with E-state index in [2.05, 4.69) is 4.90 Å².